The Morgan fingerprint density at radius 1 is 1.18 bits per heavy atom. The molecule has 22 heavy (non-hydrogen) atoms. The molecule has 1 aromatic rings. The van der Waals surface area contributed by atoms with Crippen molar-refractivity contribution in [3.05, 3.63) is 29.8 Å². The van der Waals surface area contributed by atoms with Crippen molar-refractivity contribution in [1.29, 1.82) is 0 Å². The third-order valence-corrected chi connectivity index (χ3v) is 4.85. The fraction of sp³-hybridized carbons (Fsp3) is 0.467. The lowest BCUT2D eigenvalue weighted by molar-refractivity contribution is -0.119. The lowest BCUT2D eigenvalue weighted by atomic mass is 9.94. The summed E-state index contributed by atoms with van der Waals surface area (Å²) in [6.07, 6.45) is 2.93. The van der Waals surface area contributed by atoms with Crippen LogP contribution >= 0.6 is 0 Å². The van der Waals surface area contributed by atoms with E-state index in [2.05, 4.69) is 15.2 Å². The van der Waals surface area contributed by atoms with Crippen molar-refractivity contribution >= 4 is 21.6 Å². The van der Waals surface area contributed by atoms with Gasteiger partial charge in [-0.3, -0.25) is 4.79 Å². The van der Waals surface area contributed by atoms with Gasteiger partial charge in [-0.05, 0) is 44.7 Å². The lowest BCUT2D eigenvalue weighted by Gasteiger charge is -2.23. The van der Waals surface area contributed by atoms with Crippen molar-refractivity contribution in [1.82, 2.24) is 10.1 Å². The number of aryl methyl sites for hydroxylation is 1. The molecule has 0 atom stereocenters. The molecule has 0 aliphatic heterocycles. The minimum Gasteiger partial charge on any atom is -0.354 e. The standard InChI is InChI=1S/C15H21N3O3S/c1-11-3-9-15(10-4-11)22(20,21)18-17-14-7-5-13(6-8-14)16-12(2)19/h3-4,9-10,13,18H,5-8H2,1-2H3,(H,16,19). The van der Waals surface area contributed by atoms with E-state index < -0.39 is 10.0 Å². The number of carbonyl (C=O) groups excluding carboxylic acids is 1. The minimum absolute atomic E-state index is 0.0366. The molecule has 1 aliphatic carbocycles. The van der Waals surface area contributed by atoms with Gasteiger partial charge < -0.3 is 5.32 Å². The van der Waals surface area contributed by atoms with Gasteiger partial charge in [0.2, 0.25) is 5.91 Å². The summed E-state index contributed by atoms with van der Waals surface area (Å²) in [5.74, 6) is -0.0366. The summed E-state index contributed by atoms with van der Waals surface area (Å²) in [6, 6.07) is 6.78. The van der Waals surface area contributed by atoms with Crippen molar-refractivity contribution in [3.63, 3.8) is 0 Å². The van der Waals surface area contributed by atoms with E-state index in [1.807, 2.05) is 6.92 Å². The molecule has 0 saturated heterocycles. The van der Waals surface area contributed by atoms with Gasteiger partial charge in [-0.15, -0.1) is 0 Å². The van der Waals surface area contributed by atoms with Gasteiger partial charge in [0, 0.05) is 18.7 Å². The van der Waals surface area contributed by atoms with E-state index in [-0.39, 0.29) is 16.8 Å². The van der Waals surface area contributed by atoms with E-state index in [1.54, 1.807) is 24.3 Å². The molecular weight excluding hydrogens is 302 g/mol. The average molecular weight is 323 g/mol. The Labute approximate surface area is 131 Å². The van der Waals surface area contributed by atoms with Crippen LogP contribution in [0.5, 0.6) is 0 Å². The molecular formula is C15H21N3O3S. The number of hydrazone groups is 1. The quantitative estimate of drug-likeness (QED) is 0.827. The van der Waals surface area contributed by atoms with Gasteiger partial charge in [0.15, 0.2) is 0 Å². The summed E-state index contributed by atoms with van der Waals surface area (Å²) in [6.45, 7) is 3.40. The molecule has 2 rings (SSSR count). The van der Waals surface area contributed by atoms with Crippen LogP contribution < -0.4 is 10.1 Å². The largest absolute Gasteiger partial charge is 0.354 e. The second-order valence-corrected chi connectivity index (χ2v) is 7.22. The maximum Gasteiger partial charge on any atom is 0.276 e. The number of carbonyl (C=O) groups is 1. The van der Waals surface area contributed by atoms with Gasteiger partial charge in [-0.1, -0.05) is 17.7 Å². The monoisotopic (exact) mass is 323 g/mol. The number of nitrogens with one attached hydrogen (secondary N) is 2. The molecule has 0 bridgehead atoms. The number of nitrogens with zero attached hydrogens (tertiary/aromatic N) is 1. The van der Waals surface area contributed by atoms with Crippen LogP contribution in [0.3, 0.4) is 0 Å². The van der Waals surface area contributed by atoms with E-state index in [1.165, 1.54) is 6.92 Å². The molecule has 1 aliphatic rings. The SMILES string of the molecule is CC(=O)NC1CCC(=NNS(=O)(=O)c2ccc(C)cc2)CC1. The van der Waals surface area contributed by atoms with Gasteiger partial charge in [-0.25, -0.2) is 4.83 Å². The molecule has 0 heterocycles. The molecule has 0 spiro atoms. The Morgan fingerprint density at radius 2 is 1.77 bits per heavy atom. The first-order valence-electron chi connectivity index (χ1n) is 7.28. The zero-order valence-electron chi connectivity index (χ0n) is 12.8. The summed E-state index contributed by atoms with van der Waals surface area (Å²) in [5.41, 5.74) is 1.82. The predicted molar refractivity (Wildman–Crippen MR) is 85.0 cm³/mol. The first-order valence-corrected chi connectivity index (χ1v) is 8.76. The molecule has 0 aromatic heterocycles. The molecule has 7 heteroatoms. The topological polar surface area (TPSA) is 87.6 Å². The first kappa shape index (κ1) is 16.5. The van der Waals surface area contributed by atoms with Gasteiger partial charge in [0.1, 0.15) is 0 Å². The van der Waals surface area contributed by atoms with Crippen LogP contribution in [0.25, 0.3) is 0 Å². The second-order valence-electron chi connectivity index (χ2n) is 5.56. The van der Waals surface area contributed by atoms with Gasteiger partial charge in [0.25, 0.3) is 10.0 Å². The zero-order chi connectivity index (χ0) is 16.2. The number of rotatable bonds is 4. The second kappa shape index (κ2) is 6.91. The third-order valence-electron chi connectivity index (χ3n) is 3.63. The average Bonchev–Trinajstić information content (AvgIpc) is 2.46. The maximum atomic E-state index is 12.1. The van der Waals surface area contributed by atoms with Crippen LogP contribution in [0, 0.1) is 6.92 Å². The van der Waals surface area contributed by atoms with Crippen LogP contribution in [0.4, 0.5) is 0 Å². The number of hydrogen-bond donors (Lipinski definition) is 2. The van der Waals surface area contributed by atoms with E-state index in [0.29, 0.717) is 12.8 Å². The number of amides is 1. The zero-order valence-corrected chi connectivity index (χ0v) is 13.6. The van der Waals surface area contributed by atoms with E-state index in [0.717, 1.165) is 24.1 Å². The summed E-state index contributed by atoms with van der Waals surface area (Å²) in [7, 11) is -3.62. The Balaban J connectivity index is 1.94. The Bertz CT molecular complexity index is 656. The fourth-order valence-corrected chi connectivity index (χ4v) is 3.24. The number of sulfonamides is 1. The van der Waals surface area contributed by atoms with Crippen molar-refractivity contribution < 1.29 is 13.2 Å². The summed E-state index contributed by atoms with van der Waals surface area (Å²) < 4.78 is 24.2. The third kappa shape index (κ3) is 4.56. The summed E-state index contributed by atoms with van der Waals surface area (Å²) in [5, 5.41) is 6.91. The van der Waals surface area contributed by atoms with Gasteiger partial charge in [0.05, 0.1) is 4.90 Å². The van der Waals surface area contributed by atoms with Crippen LogP contribution in [0.1, 0.15) is 38.2 Å². The van der Waals surface area contributed by atoms with E-state index >= 15 is 0 Å². The highest BCUT2D eigenvalue weighted by molar-refractivity contribution is 7.89. The van der Waals surface area contributed by atoms with Crippen LogP contribution in [0.15, 0.2) is 34.3 Å². The minimum atomic E-state index is -3.62. The fourth-order valence-electron chi connectivity index (χ4n) is 2.39. The van der Waals surface area contributed by atoms with Crippen molar-refractivity contribution in [2.75, 3.05) is 0 Å². The van der Waals surface area contributed by atoms with E-state index in [9.17, 15) is 13.2 Å². The van der Waals surface area contributed by atoms with Crippen LogP contribution in [-0.2, 0) is 14.8 Å². The molecule has 120 valence electrons. The van der Waals surface area contributed by atoms with Gasteiger partial charge in [-0.2, -0.15) is 13.5 Å². The van der Waals surface area contributed by atoms with Crippen molar-refractivity contribution in [3.8, 4) is 0 Å². The van der Waals surface area contributed by atoms with Crippen LogP contribution in [0.2, 0.25) is 0 Å². The maximum absolute atomic E-state index is 12.1. The summed E-state index contributed by atoms with van der Waals surface area (Å²) in [4.78, 5) is 13.5. The first-order chi connectivity index (χ1) is 10.4. The predicted octanol–water partition coefficient (Wildman–Crippen LogP) is 1.71. The Morgan fingerprint density at radius 3 is 2.32 bits per heavy atom. The Hall–Kier alpha value is -1.89. The molecule has 1 aromatic carbocycles. The molecule has 6 nitrogen and oxygen atoms in total. The van der Waals surface area contributed by atoms with Gasteiger partial charge >= 0.3 is 0 Å². The van der Waals surface area contributed by atoms with Crippen molar-refractivity contribution in [2.45, 2.75) is 50.5 Å². The Kier molecular flexibility index (Phi) is 5.18. The highest BCUT2D eigenvalue weighted by Gasteiger charge is 2.19. The normalized spacial score (nSPS) is 18.6. The summed E-state index contributed by atoms with van der Waals surface area (Å²) >= 11 is 0. The number of hydrogen-bond acceptors (Lipinski definition) is 4. The molecule has 2 N–H and O–H groups in total. The molecule has 0 radical (unpaired) electrons. The smallest absolute Gasteiger partial charge is 0.276 e. The van der Waals surface area contributed by atoms with Crippen LogP contribution in [-0.4, -0.2) is 26.1 Å². The molecule has 1 saturated carbocycles. The van der Waals surface area contributed by atoms with E-state index in [4.69, 9.17) is 0 Å². The lowest BCUT2D eigenvalue weighted by Crippen LogP contribution is -2.36. The molecule has 0 unspecified atom stereocenters. The van der Waals surface area contributed by atoms with Crippen molar-refractivity contribution in [2.24, 2.45) is 5.10 Å². The highest BCUT2D eigenvalue weighted by Crippen LogP contribution is 2.16. The molecule has 1 amide bonds. The number of benzene rings is 1. The molecule has 1 fully saturated rings. The highest BCUT2D eigenvalue weighted by atomic mass is 32.2.